The fraction of sp³-hybridized carbons (Fsp3) is 0.188. The van der Waals surface area contributed by atoms with Gasteiger partial charge in [-0.05, 0) is 35.7 Å². The molecule has 1 aromatic carbocycles. The second-order valence-corrected chi connectivity index (χ2v) is 6.55. The van der Waals surface area contributed by atoms with Crippen LogP contribution in [0.25, 0.3) is 0 Å². The third kappa shape index (κ3) is 3.78. The van der Waals surface area contributed by atoms with E-state index >= 15 is 0 Å². The molecule has 7 heteroatoms. The molecule has 0 saturated carbocycles. The third-order valence-electron chi connectivity index (χ3n) is 3.54. The molecule has 1 unspecified atom stereocenters. The first-order chi connectivity index (χ1) is 11.1. The summed E-state index contributed by atoms with van der Waals surface area (Å²) in [5, 5.41) is 6.47. The first-order valence-corrected chi connectivity index (χ1v) is 8.31. The maximum absolute atomic E-state index is 12.1. The van der Waals surface area contributed by atoms with Gasteiger partial charge in [-0.1, -0.05) is 17.7 Å². The number of amides is 2. The molecular formula is C16H14ClN3O2S. The van der Waals surface area contributed by atoms with Gasteiger partial charge in [-0.3, -0.25) is 9.59 Å². The Balaban J connectivity index is 1.60. The third-order valence-corrected chi connectivity index (χ3v) is 4.60. The van der Waals surface area contributed by atoms with E-state index in [1.165, 1.54) is 11.3 Å². The number of nitrogens with one attached hydrogen (secondary N) is 1. The van der Waals surface area contributed by atoms with Gasteiger partial charge in [0.2, 0.25) is 11.8 Å². The highest BCUT2D eigenvalue weighted by Gasteiger charge is 2.35. The molecule has 2 amide bonds. The van der Waals surface area contributed by atoms with Crippen LogP contribution in [0.1, 0.15) is 11.3 Å². The van der Waals surface area contributed by atoms with Crippen LogP contribution in [0.3, 0.4) is 0 Å². The van der Waals surface area contributed by atoms with E-state index in [1.807, 2.05) is 17.5 Å². The van der Waals surface area contributed by atoms with Gasteiger partial charge in [-0.25, -0.2) is 5.43 Å². The lowest BCUT2D eigenvalue weighted by Crippen LogP contribution is -2.30. The summed E-state index contributed by atoms with van der Waals surface area (Å²) in [6.45, 7) is 0.348. The normalized spacial score (nSPS) is 17.9. The van der Waals surface area contributed by atoms with Crippen molar-refractivity contribution in [1.29, 1.82) is 0 Å². The van der Waals surface area contributed by atoms with Crippen LogP contribution in [-0.4, -0.2) is 24.6 Å². The number of halogens is 1. The van der Waals surface area contributed by atoms with E-state index in [0.717, 1.165) is 10.6 Å². The summed E-state index contributed by atoms with van der Waals surface area (Å²) in [6, 6.07) is 10.8. The lowest BCUT2D eigenvalue weighted by Gasteiger charge is -2.16. The molecule has 1 atom stereocenters. The Hall–Kier alpha value is -2.18. The Kier molecular flexibility index (Phi) is 4.73. The molecule has 5 nitrogen and oxygen atoms in total. The largest absolute Gasteiger partial charge is 0.312 e. The number of anilines is 1. The molecule has 1 N–H and O–H groups in total. The lowest BCUT2D eigenvalue weighted by molar-refractivity contribution is -0.126. The van der Waals surface area contributed by atoms with Gasteiger partial charge in [0.1, 0.15) is 0 Å². The minimum absolute atomic E-state index is 0.0743. The Morgan fingerprint density at radius 3 is 2.83 bits per heavy atom. The number of hydrogen-bond donors (Lipinski definition) is 1. The monoisotopic (exact) mass is 347 g/mol. The van der Waals surface area contributed by atoms with Crippen LogP contribution in [0.5, 0.6) is 0 Å². The number of benzene rings is 1. The second kappa shape index (κ2) is 6.93. The Morgan fingerprint density at radius 2 is 2.13 bits per heavy atom. The van der Waals surface area contributed by atoms with E-state index in [4.69, 9.17) is 11.6 Å². The molecule has 2 heterocycles. The summed E-state index contributed by atoms with van der Waals surface area (Å²) in [5.41, 5.74) is 3.25. The van der Waals surface area contributed by atoms with Crippen molar-refractivity contribution in [1.82, 2.24) is 5.43 Å². The standard InChI is InChI=1S/C16H14ClN3O2S/c17-12-3-5-13(6-4-12)20-10-11(8-15(20)21)16(22)19-18-9-14-2-1-7-23-14/h1-7,9,11H,8,10H2,(H,19,22)/b18-9-. The van der Waals surface area contributed by atoms with Crippen molar-refractivity contribution in [3.05, 3.63) is 51.7 Å². The van der Waals surface area contributed by atoms with Gasteiger partial charge >= 0.3 is 0 Å². The van der Waals surface area contributed by atoms with Crippen molar-refractivity contribution in [3.8, 4) is 0 Å². The lowest BCUT2D eigenvalue weighted by atomic mass is 10.1. The van der Waals surface area contributed by atoms with Crippen molar-refractivity contribution >= 4 is 46.7 Å². The first kappa shape index (κ1) is 15.7. The van der Waals surface area contributed by atoms with Gasteiger partial charge in [-0.2, -0.15) is 5.10 Å². The highest BCUT2D eigenvalue weighted by atomic mass is 35.5. The molecule has 1 aliphatic heterocycles. The maximum atomic E-state index is 12.1. The Morgan fingerprint density at radius 1 is 1.35 bits per heavy atom. The van der Waals surface area contributed by atoms with Crippen LogP contribution in [0, 0.1) is 5.92 Å². The molecule has 0 bridgehead atoms. The molecule has 2 aromatic rings. The average Bonchev–Trinajstić information content (AvgIpc) is 3.18. The molecule has 0 spiro atoms. The summed E-state index contributed by atoms with van der Waals surface area (Å²) in [7, 11) is 0. The first-order valence-electron chi connectivity index (χ1n) is 7.06. The molecule has 0 radical (unpaired) electrons. The smallest absolute Gasteiger partial charge is 0.245 e. The maximum Gasteiger partial charge on any atom is 0.245 e. The van der Waals surface area contributed by atoms with E-state index in [9.17, 15) is 9.59 Å². The van der Waals surface area contributed by atoms with Gasteiger partial charge in [0.05, 0.1) is 12.1 Å². The zero-order valence-corrected chi connectivity index (χ0v) is 13.7. The van der Waals surface area contributed by atoms with Gasteiger partial charge in [0.25, 0.3) is 0 Å². The average molecular weight is 348 g/mol. The number of rotatable bonds is 4. The molecule has 118 valence electrons. The Labute approximate surface area is 142 Å². The highest BCUT2D eigenvalue weighted by molar-refractivity contribution is 7.11. The van der Waals surface area contributed by atoms with E-state index in [1.54, 1.807) is 35.4 Å². The SMILES string of the molecule is O=C(N/N=C\c1cccs1)C1CC(=O)N(c2ccc(Cl)cc2)C1. The molecule has 23 heavy (non-hydrogen) atoms. The van der Waals surface area contributed by atoms with Crippen molar-refractivity contribution in [2.24, 2.45) is 11.0 Å². The Bertz CT molecular complexity index is 728. The summed E-state index contributed by atoms with van der Waals surface area (Å²) < 4.78 is 0. The fourth-order valence-corrected chi connectivity index (χ4v) is 3.08. The topological polar surface area (TPSA) is 61.8 Å². The van der Waals surface area contributed by atoms with E-state index in [2.05, 4.69) is 10.5 Å². The van der Waals surface area contributed by atoms with E-state index < -0.39 is 5.92 Å². The van der Waals surface area contributed by atoms with Crippen LogP contribution in [0.2, 0.25) is 5.02 Å². The number of carbonyl (C=O) groups excluding carboxylic acids is 2. The number of carbonyl (C=O) groups is 2. The van der Waals surface area contributed by atoms with Gasteiger partial charge in [0, 0.05) is 28.6 Å². The van der Waals surface area contributed by atoms with E-state index in [-0.39, 0.29) is 18.2 Å². The van der Waals surface area contributed by atoms with Crippen molar-refractivity contribution in [2.45, 2.75) is 6.42 Å². The number of hydrogen-bond acceptors (Lipinski definition) is 4. The summed E-state index contributed by atoms with van der Waals surface area (Å²) in [5.74, 6) is -0.726. The fourth-order valence-electron chi connectivity index (χ4n) is 2.37. The van der Waals surface area contributed by atoms with Gasteiger partial charge in [-0.15, -0.1) is 11.3 Å². The van der Waals surface area contributed by atoms with Gasteiger partial charge in [0.15, 0.2) is 0 Å². The van der Waals surface area contributed by atoms with Crippen molar-refractivity contribution in [2.75, 3.05) is 11.4 Å². The van der Waals surface area contributed by atoms with Crippen molar-refractivity contribution in [3.63, 3.8) is 0 Å². The minimum atomic E-state index is -0.404. The van der Waals surface area contributed by atoms with Gasteiger partial charge < -0.3 is 4.90 Å². The van der Waals surface area contributed by atoms with Crippen LogP contribution in [0.4, 0.5) is 5.69 Å². The molecule has 3 rings (SSSR count). The minimum Gasteiger partial charge on any atom is -0.312 e. The number of nitrogens with zero attached hydrogens (tertiary/aromatic N) is 2. The van der Waals surface area contributed by atoms with Crippen LogP contribution in [-0.2, 0) is 9.59 Å². The highest BCUT2D eigenvalue weighted by Crippen LogP contribution is 2.26. The molecule has 1 aromatic heterocycles. The summed E-state index contributed by atoms with van der Waals surface area (Å²) >= 11 is 7.38. The molecule has 0 aliphatic carbocycles. The second-order valence-electron chi connectivity index (χ2n) is 5.13. The molecule has 1 saturated heterocycles. The predicted octanol–water partition coefficient (Wildman–Crippen LogP) is 2.90. The number of hydrazone groups is 1. The summed E-state index contributed by atoms with van der Waals surface area (Å²) in [6.07, 6.45) is 1.78. The van der Waals surface area contributed by atoms with E-state index in [0.29, 0.717) is 11.6 Å². The zero-order chi connectivity index (χ0) is 16.2. The predicted molar refractivity (Wildman–Crippen MR) is 92.0 cm³/mol. The van der Waals surface area contributed by atoms with Crippen LogP contribution < -0.4 is 10.3 Å². The zero-order valence-electron chi connectivity index (χ0n) is 12.1. The van der Waals surface area contributed by atoms with Crippen LogP contribution in [0.15, 0.2) is 46.9 Å². The van der Waals surface area contributed by atoms with Crippen LogP contribution >= 0.6 is 22.9 Å². The quantitative estimate of drug-likeness (QED) is 0.682. The molecule has 1 aliphatic rings. The summed E-state index contributed by atoms with van der Waals surface area (Å²) in [4.78, 5) is 26.8. The van der Waals surface area contributed by atoms with Crippen molar-refractivity contribution < 1.29 is 9.59 Å². The molecule has 1 fully saturated rings. The number of thiophene rings is 1. The molecular weight excluding hydrogens is 334 g/mol.